The van der Waals surface area contributed by atoms with Gasteiger partial charge in [0.25, 0.3) is 5.69 Å². The van der Waals surface area contributed by atoms with Gasteiger partial charge in [-0.25, -0.2) is 0 Å². The van der Waals surface area contributed by atoms with Crippen LogP contribution in [0.4, 0.5) is 17.1 Å². The highest BCUT2D eigenvalue weighted by Gasteiger charge is 2.29. The number of allylic oxidation sites excluding steroid dienone is 1. The maximum absolute atomic E-state index is 10.9. The predicted octanol–water partition coefficient (Wildman–Crippen LogP) is 5.37. The Balaban J connectivity index is 1.94. The molecule has 0 unspecified atom stereocenters. The van der Waals surface area contributed by atoms with Gasteiger partial charge in [0.05, 0.1) is 16.1 Å². The average Bonchev–Trinajstić information content (AvgIpc) is 2.60. The summed E-state index contributed by atoms with van der Waals surface area (Å²) in [5.41, 5.74) is 5.26. The first-order valence-electron chi connectivity index (χ1n) is 8.72. The fourth-order valence-corrected chi connectivity index (χ4v) is 3.59. The molecule has 0 radical (unpaired) electrons. The summed E-state index contributed by atoms with van der Waals surface area (Å²) in [4.78, 5) is 17.3. The quantitative estimate of drug-likeness (QED) is 0.424. The van der Waals surface area contributed by atoms with Crippen molar-refractivity contribution in [2.75, 3.05) is 11.4 Å². The number of nitro benzene ring substituents is 1. The number of non-ortho nitro benzene ring substituents is 1. The maximum Gasteiger partial charge on any atom is 0.271 e. The van der Waals surface area contributed by atoms with Crippen LogP contribution < -0.4 is 4.90 Å². The van der Waals surface area contributed by atoms with E-state index in [1.807, 2.05) is 6.07 Å². The Kier molecular flexibility index (Phi) is 4.64. The van der Waals surface area contributed by atoms with E-state index in [4.69, 9.17) is 0 Å². The molecule has 0 fully saturated rings. The number of likely N-dealkylation sites (N-methyl/N-ethyl adjacent to an activating group) is 1. The zero-order valence-corrected chi connectivity index (χ0v) is 15.6. The van der Waals surface area contributed by atoms with E-state index in [1.54, 1.807) is 18.3 Å². The van der Waals surface area contributed by atoms with E-state index in [-0.39, 0.29) is 11.2 Å². The van der Waals surface area contributed by atoms with Crippen molar-refractivity contribution in [3.05, 3.63) is 69.8 Å². The van der Waals surface area contributed by atoms with Crippen LogP contribution in [-0.2, 0) is 0 Å². The van der Waals surface area contributed by atoms with Crippen molar-refractivity contribution < 1.29 is 4.92 Å². The Bertz CT molecular complexity index is 913. The van der Waals surface area contributed by atoms with E-state index < -0.39 is 4.92 Å². The number of nitro groups is 1. The second-order valence-electron chi connectivity index (χ2n) is 7.04. The number of benzene rings is 2. The second kappa shape index (κ2) is 6.75. The van der Waals surface area contributed by atoms with Crippen molar-refractivity contribution in [3.63, 3.8) is 0 Å². The van der Waals surface area contributed by atoms with E-state index in [0.717, 1.165) is 12.1 Å². The van der Waals surface area contributed by atoms with Crippen molar-refractivity contribution in [1.82, 2.24) is 0 Å². The van der Waals surface area contributed by atoms with E-state index in [1.165, 1.54) is 29.0 Å². The standard InChI is InChI=1S/C21H23N3O2/c1-5-23-20-10-9-16(11-19(20)15(2)13-21(23,3)4)14-22-17-7-6-8-18(12-17)24(25)26/h6-14H,5H2,1-4H3. The molecule has 134 valence electrons. The van der Waals surface area contributed by atoms with Crippen LogP contribution in [0.25, 0.3) is 5.57 Å². The summed E-state index contributed by atoms with van der Waals surface area (Å²) in [6, 6.07) is 12.6. The largest absolute Gasteiger partial charge is 0.363 e. The molecule has 0 aromatic heterocycles. The van der Waals surface area contributed by atoms with Gasteiger partial charge in [0.1, 0.15) is 0 Å². The topological polar surface area (TPSA) is 58.7 Å². The maximum atomic E-state index is 10.9. The lowest BCUT2D eigenvalue weighted by Crippen LogP contribution is -2.44. The van der Waals surface area contributed by atoms with Gasteiger partial charge in [-0.15, -0.1) is 0 Å². The minimum Gasteiger partial charge on any atom is -0.363 e. The lowest BCUT2D eigenvalue weighted by atomic mass is 9.88. The molecule has 2 aromatic carbocycles. The smallest absolute Gasteiger partial charge is 0.271 e. The van der Waals surface area contributed by atoms with Gasteiger partial charge in [0.2, 0.25) is 0 Å². The third kappa shape index (κ3) is 3.38. The molecule has 5 nitrogen and oxygen atoms in total. The Labute approximate surface area is 153 Å². The van der Waals surface area contributed by atoms with Crippen molar-refractivity contribution in [2.45, 2.75) is 33.2 Å². The highest BCUT2D eigenvalue weighted by Crippen LogP contribution is 2.38. The minimum atomic E-state index is -0.410. The molecule has 1 aliphatic rings. The SMILES string of the molecule is CCN1c2ccc(C=Nc3cccc([N+](=O)[O-])c3)cc2C(C)=CC1(C)C. The van der Waals surface area contributed by atoms with Gasteiger partial charge < -0.3 is 4.90 Å². The zero-order valence-electron chi connectivity index (χ0n) is 15.6. The van der Waals surface area contributed by atoms with Crippen LogP contribution in [0.3, 0.4) is 0 Å². The Morgan fingerprint density at radius 1 is 1.23 bits per heavy atom. The molecule has 5 heteroatoms. The predicted molar refractivity (Wildman–Crippen MR) is 108 cm³/mol. The highest BCUT2D eigenvalue weighted by atomic mass is 16.6. The lowest BCUT2D eigenvalue weighted by Gasteiger charge is -2.42. The minimum absolute atomic E-state index is 0.00951. The van der Waals surface area contributed by atoms with Gasteiger partial charge in [-0.05, 0) is 57.0 Å². The van der Waals surface area contributed by atoms with E-state index in [2.05, 4.69) is 55.8 Å². The Hall–Kier alpha value is -2.95. The van der Waals surface area contributed by atoms with E-state index in [9.17, 15) is 10.1 Å². The Morgan fingerprint density at radius 3 is 2.69 bits per heavy atom. The monoisotopic (exact) mass is 349 g/mol. The fraction of sp³-hybridized carbons (Fsp3) is 0.286. The summed E-state index contributed by atoms with van der Waals surface area (Å²) in [5, 5.41) is 10.9. The second-order valence-corrected chi connectivity index (χ2v) is 7.04. The number of anilines is 1. The van der Waals surface area contributed by atoms with Gasteiger partial charge in [-0.2, -0.15) is 0 Å². The summed E-state index contributed by atoms with van der Waals surface area (Å²) in [6.45, 7) is 9.68. The van der Waals surface area contributed by atoms with Crippen LogP contribution in [0, 0.1) is 10.1 Å². The normalized spacial score (nSPS) is 15.7. The van der Waals surface area contributed by atoms with Crippen LogP contribution in [0.5, 0.6) is 0 Å². The molecule has 1 heterocycles. The molecule has 0 amide bonds. The molecule has 1 aliphatic heterocycles. The number of hydrogen-bond acceptors (Lipinski definition) is 4. The molecular weight excluding hydrogens is 326 g/mol. The van der Waals surface area contributed by atoms with Crippen molar-refractivity contribution in [3.8, 4) is 0 Å². The van der Waals surface area contributed by atoms with Gasteiger partial charge in [-0.1, -0.05) is 18.2 Å². The summed E-state index contributed by atoms with van der Waals surface area (Å²) < 4.78 is 0. The van der Waals surface area contributed by atoms with Gasteiger partial charge in [0.15, 0.2) is 0 Å². The van der Waals surface area contributed by atoms with Crippen molar-refractivity contribution >= 4 is 28.8 Å². The summed E-state index contributed by atoms with van der Waals surface area (Å²) in [6.07, 6.45) is 4.04. The average molecular weight is 349 g/mol. The molecule has 26 heavy (non-hydrogen) atoms. The van der Waals surface area contributed by atoms with Crippen molar-refractivity contribution in [2.24, 2.45) is 4.99 Å². The molecule has 0 aliphatic carbocycles. The zero-order chi connectivity index (χ0) is 18.9. The number of aliphatic imine (C=N–C) groups is 1. The van der Waals surface area contributed by atoms with Crippen LogP contribution in [0.15, 0.2) is 53.5 Å². The van der Waals surface area contributed by atoms with Crippen LogP contribution in [0.2, 0.25) is 0 Å². The fourth-order valence-electron chi connectivity index (χ4n) is 3.59. The third-order valence-corrected chi connectivity index (χ3v) is 4.72. The van der Waals surface area contributed by atoms with Gasteiger partial charge in [0, 0.05) is 36.1 Å². The third-order valence-electron chi connectivity index (χ3n) is 4.72. The number of rotatable bonds is 4. The van der Waals surface area contributed by atoms with Gasteiger partial charge >= 0.3 is 0 Å². The Morgan fingerprint density at radius 2 is 2.00 bits per heavy atom. The molecule has 3 rings (SSSR count). The molecule has 0 saturated carbocycles. The van der Waals surface area contributed by atoms with Crippen LogP contribution >= 0.6 is 0 Å². The lowest BCUT2D eigenvalue weighted by molar-refractivity contribution is -0.384. The highest BCUT2D eigenvalue weighted by molar-refractivity contribution is 5.88. The number of hydrogen-bond donors (Lipinski definition) is 0. The first-order chi connectivity index (χ1) is 12.3. The molecular formula is C21H23N3O2. The molecule has 0 spiro atoms. The van der Waals surface area contributed by atoms with Crippen molar-refractivity contribution in [1.29, 1.82) is 0 Å². The van der Waals surface area contributed by atoms with E-state index >= 15 is 0 Å². The van der Waals surface area contributed by atoms with Crippen LogP contribution in [-0.4, -0.2) is 23.2 Å². The first kappa shape index (κ1) is 17.9. The molecule has 0 bridgehead atoms. The molecule has 2 aromatic rings. The summed E-state index contributed by atoms with van der Waals surface area (Å²) in [5.74, 6) is 0. The molecule has 0 atom stereocenters. The summed E-state index contributed by atoms with van der Waals surface area (Å²) >= 11 is 0. The summed E-state index contributed by atoms with van der Waals surface area (Å²) in [7, 11) is 0. The molecule has 0 saturated heterocycles. The van der Waals surface area contributed by atoms with Gasteiger partial charge in [-0.3, -0.25) is 15.1 Å². The van der Waals surface area contributed by atoms with Crippen LogP contribution in [0.1, 0.15) is 38.8 Å². The first-order valence-corrected chi connectivity index (χ1v) is 8.72. The molecule has 0 N–H and O–H groups in total. The number of fused-ring (bicyclic) bond motifs is 1. The number of nitrogens with zero attached hydrogens (tertiary/aromatic N) is 3. The van der Waals surface area contributed by atoms with E-state index in [0.29, 0.717) is 5.69 Å².